The fourth-order valence-corrected chi connectivity index (χ4v) is 2.77. The Bertz CT molecular complexity index is 738. The van der Waals surface area contributed by atoms with E-state index in [0.29, 0.717) is 28.6 Å². The molecule has 1 atom stereocenters. The lowest BCUT2D eigenvalue weighted by atomic mass is 9.95. The summed E-state index contributed by atoms with van der Waals surface area (Å²) in [5.41, 5.74) is 1.36. The van der Waals surface area contributed by atoms with Gasteiger partial charge in [0.1, 0.15) is 17.6 Å². The second-order valence-electron chi connectivity index (χ2n) is 5.18. The highest BCUT2D eigenvalue weighted by Crippen LogP contribution is 2.42. The van der Waals surface area contributed by atoms with E-state index in [9.17, 15) is 4.79 Å². The van der Waals surface area contributed by atoms with E-state index >= 15 is 0 Å². The molecule has 0 saturated heterocycles. The van der Waals surface area contributed by atoms with Crippen molar-refractivity contribution in [2.45, 2.75) is 12.5 Å². The van der Waals surface area contributed by atoms with Crippen LogP contribution in [-0.4, -0.2) is 27.1 Å². The molecule has 1 heterocycles. The number of hydrogen-bond acceptors (Lipinski definition) is 5. The van der Waals surface area contributed by atoms with E-state index in [1.165, 1.54) is 0 Å². The van der Waals surface area contributed by atoms with Crippen LogP contribution in [0.1, 0.15) is 28.4 Å². The molecule has 23 heavy (non-hydrogen) atoms. The minimum atomic E-state index is -0.424. The van der Waals surface area contributed by atoms with E-state index < -0.39 is 6.10 Å². The first kappa shape index (κ1) is 15.2. The first-order chi connectivity index (χ1) is 11.2. The van der Waals surface area contributed by atoms with Gasteiger partial charge in [-0.15, -0.1) is 0 Å². The largest absolute Gasteiger partial charge is 0.497 e. The lowest BCUT2D eigenvalue weighted by molar-refractivity contribution is 0.0845. The number of rotatable bonds is 4. The molecule has 0 radical (unpaired) electrons. The van der Waals surface area contributed by atoms with E-state index in [4.69, 9.17) is 18.9 Å². The number of Topliss-reactive ketones (excluding diaryl/α,β-unsaturated/α-hetero) is 1. The van der Waals surface area contributed by atoms with E-state index in [1.807, 2.05) is 18.2 Å². The SMILES string of the molecule is COc1ccc2c(c1)O[C@@H](c1cccc(OC)c1OC)CC2=O. The van der Waals surface area contributed by atoms with Gasteiger partial charge in [0.25, 0.3) is 0 Å². The number of fused-ring (bicyclic) bond motifs is 1. The Balaban J connectivity index is 2.01. The number of para-hydroxylation sites is 1. The van der Waals surface area contributed by atoms with E-state index in [0.717, 1.165) is 5.56 Å². The number of benzene rings is 2. The molecule has 5 nitrogen and oxygen atoms in total. The topological polar surface area (TPSA) is 54.0 Å². The van der Waals surface area contributed by atoms with Gasteiger partial charge in [0.05, 0.1) is 33.3 Å². The van der Waals surface area contributed by atoms with Crippen molar-refractivity contribution in [2.75, 3.05) is 21.3 Å². The van der Waals surface area contributed by atoms with Crippen molar-refractivity contribution in [3.63, 3.8) is 0 Å². The molecule has 2 aromatic rings. The Kier molecular flexibility index (Phi) is 4.10. The number of ketones is 1. The molecule has 0 bridgehead atoms. The molecular formula is C18H18O5. The van der Waals surface area contributed by atoms with Crippen LogP contribution in [0.15, 0.2) is 36.4 Å². The van der Waals surface area contributed by atoms with Crippen LogP contribution in [0.2, 0.25) is 0 Å². The van der Waals surface area contributed by atoms with Gasteiger partial charge in [0, 0.05) is 11.6 Å². The zero-order valence-electron chi connectivity index (χ0n) is 13.3. The minimum absolute atomic E-state index is 0.0313. The summed E-state index contributed by atoms with van der Waals surface area (Å²) < 4.78 is 22.0. The van der Waals surface area contributed by atoms with Crippen molar-refractivity contribution in [3.05, 3.63) is 47.5 Å². The van der Waals surface area contributed by atoms with Crippen molar-refractivity contribution in [1.82, 2.24) is 0 Å². The summed E-state index contributed by atoms with van der Waals surface area (Å²) in [5.74, 6) is 2.39. The lowest BCUT2D eigenvalue weighted by Gasteiger charge is -2.27. The predicted octanol–water partition coefficient (Wildman–Crippen LogP) is 3.42. The first-order valence-corrected chi connectivity index (χ1v) is 7.26. The van der Waals surface area contributed by atoms with Crippen molar-refractivity contribution < 1.29 is 23.7 Å². The normalized spacial score (nSPS) is 16.3. The second-order valence-corrected chi connectivity index (χ2v) is 5.18. The molecule has 1 aliphatic rings. The predicted molar refractivity (Wildman–Crippen MR) is 84.9 cm³/mol. The Hall–Kier alpha value is -2.69. The molecule has 0 spiro atoms. The average molecular weight is 314 g/mol. The monoisotopic (exact) mass is 314 g/mol. The number of hydrogen-bond donors (Lipinski definition) is 0. The van der Waals surface area contributed by atoms with Crippen LogP contribution in [0.4, 0.5) is 0 Å². The Labute approximate surface area is 134 Å². The summed E-state index contributed by atoms with van der Waals surface area (Å²) in [6.45, 7) is 0. The summed E-state index contributed by atoms with van der Waals surface area (Å²) in [6, 6.07) is 10.8. The van der Waals surface area contributed by atoms with Crippen LogP contribution in [0.3, 0.4) is 0 Å². The summed E-state index contributed by atoms with van der Waals surface area (Å²) in [6.07, 6.45) is -0.171. The Morgan fingerprint density at radius 3 is 2.57 bits per heavy atom. The molecule has 3 rings (SSSR count). The van der Waals surface area contributed by atoms with Crippen molar-refractivity contribution >= 4 is 5.78 Å². The average Bonchev–Trinajstić information content (AvgIpc) is 2.60. The molecule has 5 heteroatoms. The maximum absolute atomic E-state index is 12.4. The van der Waals surface area contributed by atoms with Gasteiger partial charge >= 0.3 is 0 Å². The molecule has 2 aromatic carbocycles. The Morgan fingerprint density at radius 1 is 1.04 bits per heavy atom. The van der Waals surface area contributed by atoms with Crippen LogP contribution in [0.25, 0.3) is 0 Å². The molecule has 120 valence electrons. The van der Waals surface area contributed by atoms with Gasteiger partial charge in [-0.05, 0) is 18.2 Å². The summed E-state index contributed by atoms with van der Waals surface area (Å²) in [7, 11) is 4.73. The lowest BCUT2D eigenvalue weighted by Crippen LogP contribution is -2.21. The summed E-state index contributed by atoms with van der Waals surface area (Å²) in [4.78, 5) is 12.4. The van der Waals surface area contributed by atoms with Gasteiger partial charge in [0.15, 0.2) is 17.3 Å². The molecule has 0 aromatic heterocycles. The molecule has 0 fully saturated rings. The van der Waals surface area contributed by atoms with Crippen LogP contribution in [-0.2, 0) is 0 Å². The molecule has 0 aliphatic carbocycles. The van der Waals surface area contributed by atoms with Crippen LogP contribution in [0, 0.1) is 0 Å². The highest BCUT2D eigenvalue weighted by atomic mass is 16.5. The minimum Gasteiger partial charge on any atom is -0.497 e. The molecule has 0 saturated carbocycles. The molecule has 0 N–H and O–H groups in total. The zero-order chi connectivity index (χ0) is 16.4. The van der Waals surface area contributed by atoms with Crippen LogP contribution >= 0.6 is 0 Å². The summed E-state index contributed by atoms with van der Waals surface area (Å²) in [5, 5.41) is 0. The maximum atomic E-state index is 12.4. The van der Waals surface area contributed by atoms with E-state index in [2.05, 4.69) is 0 Å². The van der Waals surface area contributed by atoms with Crippen LogP contribution < -0.4 is 18.9 Å². The second kappa shape index (κ2) is 6.20. The smallest absolute Gasteiger partial charge is 0.170 e. The number of carbonyl (C=O) groups excluding carboxylic acids is 1. The third-order valence-electron chi connectivity index (χ3n) is 3.91. The van der Waals surface area contributed by atoms with E-state index in [1.54, 1.807) is 39.5 Å². The maximum Gasteiger partial charge on any atom is 0.170 e. The number of carbonyl (C=O) groups is 1. The molecule has 0 unspecified atom stereocenters. The quantitative estimate of drug-likeness (QED) is 0.865. The number of methoxy groups -OCH3 is 3. The standard InChI is InChI=1S/C18H18O5/c1-20-11-7-8-12-14(19)10-17(23-16(12)9-11)13-5-4-6-15(21-2)18(13)22-3/h4-9,17H,10H2,1-3H3/t17-/m1/s1. The first-order valence-electron chi connectivity index (χ1n) is 7.26. The highest BCUT2D eigenvalue weighted by Gasteiger charge is 2.30. The van der Waals surface area contributed by atoms with E-state index in [-0.39, 0.29) is 12.2 Å². The van der Waals surface area contributed by atoms with Gasteiger partial charge in [-0.1, -0.05) is 12.1 Å². The molecule has 1 aliphatic heterocycles. The Morgan fingerprint density at radius 2 is 1.87 bits per heavy atom. The van der Waals surface area contributed by atoms with Crippen molar-refractivity contribution in [3.8, 4) is 23.0 Å². The van der Waals surface area contributed by atoms with Gasteiger partial charge in [-0.3, -0.25) is 4.79 Å². The molecule has 0 amide bonds. The summed E-state index contributed by atoms with van der Waals surface area (Å²) >= 11 is 0. The fourth-order valence-electron chi connectivity index (χ4n) is 2.77. The van der Waals surface area contributed by atoms with Gasteiger partial charge in [0.2, 0.25) is 0 Å². The highest BCUT2D eigenvalue weighted by molar-refractivity contribution is 6.00. The van der Waals surface area contributed by atoms with Crippen molar-refractivity contribution in [2.24, 2.45) is 0 Å². The van der Waals surface area contributed by atoms with Gasteiger partial charge in [-0.2, -0.15) is 0 Å². The van der Waals surface area contributed by atoms with Gasteiger partial charge in [-0.25, -0.2) is 0 Å². The fraction of sp³-hybridized carbons (Fsp3) is 0.278. The third kappa shape index (κ3) is 2.70. The number of ether oxygens (including phenoxy) is 4. The van der Waals surface area contributed by atoms with Crippen LogP contribution in [0.5, 0.6) is 23.0 Å². The third-order valence-corrected chi connectivity index (χ3v) is 3.91. The van der Waals surface area contributed by atoms with Crippen molar-refractivity contribution in [1.29, 1.82) is 0 Å². The molecular weight excluding hydrogens is 296 g/mol. The van der Waals surface area contributed by atoms with Gasteiger partial charge < -0.3 is 18.9 Å². The zero-order valence-corrected chi connectivity index (χ0v) is 13.3.